The average molecular weight is 221 g/mol. The van der Waals surface area contributed by atoms with E-state index in [9.17, 15) is 4.79 Å². The Morgan fingerprint density at radius 3 is 2.50 bits per heavy atom. The van der Waals surface area contributed by atoms with Gasteiger partial charge in [0.15, 0.2) is 0 Å². The van der Waals surface area contributed by atoms with Crippen LogP contribution in [0, 0.1) is 0 Å². The minimum Gasteiger partial charge on any atom is -0.444 e. The number of amides is 1. The van der Waals surface area contributed by atoms with Crippen molar-refractivity contribution in [3.63, 3.8) is 0 Å². The lowest BCUT2D eigenvalue weighted by molar-refractivity contribution is 0.0503. The van der Waals surface area contributed by atoms with Crippen LogP contribution in [0.5, 0.6) is 0 Å². The van der Waals surface area contributed by atoms with Crippen LogP contribution >= 0.6 is 12.6 Å². The van der Waals surface area contributed by atoms with Gasteiger partial charge in [-0.2, -0.15) is 12.6 Å². The zero-order valence-electron chi connectivity index (χ0n) is 9.00. The number of ether oxygens (including phenoxy) is 2. The van der Waals surface area contributed by atoms with E-state index in [-0.39, 0.29) is 0 Å². The van der Waals surface area contributed by atoms with Gasteiger partial charge < -0.3 is 14.8 Å². The molecule has 0 aromatic heterocycles. The number of thiol groups is 1. The molecule has 0 radical (unpaired) electrons. The lowest BCUT2D eigenvalue weighted by atomic mass is 10.2. The van der Waals surface area contributed by atoms with Crippen molar-refractivity contribution >= 4 is 18.7 Å². The van der Waals surface area contributed by atoms with Crippen LogP contribution in [0.4, 0.5) is 4.79 Å². The predicted molar refractivity (Wildman–Crippen MR) is 58.9 cm³/mol. The summed E-state index contributed by atoms with van der Waals surface area (Å²) in [5.74, 6) is 0.687. The average Bonchev–Trinajstić information content (AvgIpc) is 2.00. The molecule has 0 aliphatic carbocycles. The van der Waals surface area contributed by atoms with Gasteiger partial charge in [0.2, 0.25) is 0 Å². The standard InChI is InChI=1S/C9H19NO3S/c1-9(2,3)13-8(11)10-4-5-12-6-7-14/h14H,4-7H2,1-3H3,(H,10,11). The van der Waals surface area contributed by atoms with Crippen LogP contribution in [0.25, 0.3) is 0 Å². The molecule has 14 heavy (non-hydrogen) atoms. The smallest absolute Gasteiger partial charge is 0.407 e. The first-order valence-corrected chi connectivity index (χ1v) is 5.24. The zero-order chi connectivity index (χ0) is 11.0. The van der Waals surface area contributed by atoms with Crippen molar-refractivity contribution in [1.29, 1.82) is 0 Å². The van der Waals surface area contributed by atoms with E-state index in [2.05, 4.69) is 17.9 Å². The van der Waals surface area contributed by atoms with Crippen molar-refractivity contribution < 1.29 is 14.3 Å². The highest BCUT2D eigenvalue weighted by atomic mass is 32.1. The van der Waals surface area contributed by atoms with Crippen LogP contribution in [-0.2, 0) is 9.47 Å². The Balaban J connectivity index is 3.36. The fraction of sp³-hybridized carbons (Fsp3) is 0.889. The van der Waals surface area contributed by atoms with Gasteiger partial charge in [-0.15, -0.1) is 0 Å². The molecule has 1 N–H and O–H groups in total. The Labute approximate surface area is 90.8 Å². The molecule has 0 aromatic carbocycles. The number of alkyl carbamates (subject to hydrolysis) is 1. The van der Waals surface area contributed by atoms with E-state index >= 15 is 0 Å². The molecule has 0 rings (SSSR count). The first-order valence-electron chi connectivity index (χ1n) is 4.61. The van der Waals surface area contributed by atoms with Crippen LogP contribution in [0.1, 0.15) is 20.8 Å². The molecule has 0 aromatic rings. The number of hydrogen-bond donors (Lipinski definition) is 2. The first kappa shape index (κ1) is 13.6. The van der Waals surface area contributed by atoms with Crippen LogP contribution < -0.4 is 5.32 Å². The normalized spacial score (nSPS) is 11.1. The molecule has 0 saturated heterocycles. The molecular weight excluding hydrogens is 202 g/mol. The Morgan fingerprint density at radius 1 is 1.36 bits per heavy atom. The number of rotatable bonds is 5. The second-order valence-electron chi connectivity index (χ2n) is 3.76. The van der Waals surface area contributed by atoms with Crippen molar-refractivity contribution in [2.45, 2.75) is 26.4 Å². The highest BCUT2D eigenvalue weighted by Crippen LogP contribution is 2.05. The molecule has 0 fully saturated rings. The zero-order valence-corrected chi connectivity index (χ0v) is 9.89. The third-order valence-corrected chi connectivity index (χ3v) is 1.33. The van der Waals surface area contributed by atoms with Gasteiger partial charge in [0.25, 0.3) is 0 Å². The Bertz CT molecular complexity index is 168. The summed E-state index contributed by atoms with van der Waals surface area (Å²) in [6, 6.07) is 0. The van der Waals surface area contributed by atoms with Crippen molar-refractivity contribution in [3.05, 3.63) is 0 Å². The maximum absolute atomic E-state index is 11.1. The molecule has 5 heteroatoms. The molecule has 0 heterocycles. The molecule has 4 nitrogen and oxygen atoms in total. The summed E-state index contributed by atoms with van der Waals surface area (Å²) in [5, 5.41) is 2.59. The topological polar surface area (TPSA) is 47.6 Å². The lowest BCUT2D eigenvalue weighted by Crippen LogP contribution is -2.34. The van der Waals surface area contributed by atoms with Crippen molar-refractivity contribution in [1.82, 2.24) is 5.32 Å². The van der Waals surface area contributed by atoms with E-state index in [1.54, 1.807) is 0 Å². The highest BCUT2D eigenvalue weighted by Gasteiger charge is 2.15. The maximum Gasteiger partial charge on any atom is 0.407 e. The van der Waals surface area contributed by atoms with Crippen LogP contribution in [0.15, 0.2) is 0 Å². The van der Waals surface area contributed by atoms with Crippen molar-refractivity contribution in [3.8, 4) is 0 Å². The van der Waals surface area contributed by atoms with Gasteiger partial charge in [0.05, 0.1) is 13.2 Å². The minimum atomic E-state index is -0.448. The summed E-state index contributed by atoms with van der Waals surface area (Å²) >= 11 is 3.98. The molecule has 0 unspecified atom stereocenters. The lowest BCUT2D eigenvalue weighted by Gasteiger charge is -2.19. The van der Waals surface area contributed by atoms with Crippen molar-refractivity contribution in [2.75, 3.05) is 25.5 Å². The summed E-state index contributed by atoms with van der Waals surface area (Å²) < 4.78 is 10.1. The van der Waals surface area contributed by atoms with Crippen LogP contribution in [0.3, 0.4) is 0 Å². The number of nitrogens with one attached hydrogen (secondary N) is 1. The van der Waals surface area contributed by atoms with Crippen molar-refractivity contribution in [2.24, 2.45) is 0 Å². The number of carbonyl (C=O) groups excluding carboxylic acids is 1. The Morgan fingerprint density at radius 2 is 2.00 bits per heavy atom. The molecule has 1 amide bonds. The SMILES string of the molecule is CC(C)(C)OC(=O)NCCOCCS. The predicted octanol–water partition coefficient (Wildman–Crippen LogP) is 1.46. The summed E-state index contributed by atoms with van der Waals surface area (Å²) in [6.45, 7) is 7.01. The second-order valence-corrected chi connectivity index (χ2v) is 4.21. The molecule has 0 aliphatic rings. The second kappa shape index (κ2) is 6.95. The Kier molecular flexibility index (Phi) is 6.74. The Hall–Kier alpha value is -0.420. The van der Waals surface area contributed by atoms with E-state index < -0.39 is 11.7 Å². The summed E-state index contributed by atoms with van der Waals surface area (Å²) in [4.78, 5) is 11.1. The summed E-state index contributed by atoms with van der Waals surface area (Å²) in [6.07, 6.45) is -0.410. The van der Waals surface area contributed by atoms with Gasteiger partial charge in [0.1, 0.15) is 5.60 Å². The van der Waals surface area contributed by atoms with Crippen LogP contribution in [0.2, 0.25) is 0 Å². The first-order chi connectivity index (χ1) is 6.45. The third kappa shape index (κ3) is 9.67. The molecular formula is C9H19NO3S. The van der Waals surface area contributed by atoms with Gasteiger partial charge >= 0.3 is 6.09 Å². The molecule has 84 valence electrons. The van der Waals surface area contributed by atoms with Gasteiger partial charge in [-0.1, -0.05) is 0 Å². The maximum atomic E-state index is 11.1. The summed E-state index contributed by atoms with van der Waals surface area (Å²) in [5.41, 5.74) is -0.448. The summed E-state index contributed by atoms with van der Waals surface area (Å²) in [7, 11) is 0. The number of hydrogen-bond acceptors (Lipinski definition) is 4. The fourth-order valence-electron chi connectivity index (χ4n) is 0.706. The van der Waals surface area contributed by atoms with E-state index in [0.717, 1.165) is 0 Å². The fourth-order valence-corrected chi connectivity index (χ4v) is 0.835. The molecule has 0 spiro atoms. The van der Waals surface area contributed by atoms with Gasteiger partial charge in [-0.3, -0.25) is 0 Å². The third-order valence-electron chi connectivity index (χ3n) is 1.15. The minimum absolute atomic E-state index is 0.410. The van der Waals surface area contributed by atoms with Gasteiger partial charge in [-0.25, -0.2) is 4.79 Å². The molecule has 0 atom stereocenters. The van der Waals surface area contributed by atoms with Gasteiger partial charge in [0, 0.05) is 12.3 Å². The molecule has 0 bridgehead atoms. The van der Waals surface area contributed by atoms with E-state index in [0.29, 0.717) is 25.5 Å². The molecule has 0 aliphatic heterocycles. The highest BCUT2D eigenvalue weighted by molar-refractivity contribution is 7.80. The van der Waals surface area contributed by atoms with Gasteiger partial charge in [-0.05, 0) is 20.8 Å². The number of carbonyl (C=O) groups is 1. The van der Waals surface area contributed by atoms with Crippen LogP contribution in [-0.4, -0.2) is 37.2 Å². The monoisotopic (exact) mass is 221 g/mol. The van der Waals surface area contributed by atoms with E-state index in [1.807, 2.05) is 20.8 Å². The van der Waals surface area contributed by atoms with E-state index in [4.69, 9.17) is 9.47 Å². The molecule has 0 saturated carbocycles. The van der Waals surface area contributed by atoms with E-state index in [1.165, 1.54) is 0 Å². The quantitative estimate of drug-likeness (QED) is 0.546. The largest absolute Gasteiger partial charge is 0.444 e.